The average molecular weight is 288 g/mol. The van der Waals surface area contributed by atoms with Gasteiger partial charge in [0.05, 0.1) is 17.2 Å². The van der Waals surface area contributed by atoms with E-state index in [1.807, 2.05) is 18.2 Å². The normalized spacial score (nSPS) is 10.9. The molecule has 2 heterocycles. The number of hydrogen-bond acceptors (Lipinski definition) is 2. The fourth-order valence-electron chi connectivity index (χ4n) is 1.79. The Bertz CT molecular complexity index is 655. The van der Waals surface area contributed by atoms with Crippen molar-refractivity contribution in [2.24, 2.45) is 0 Å². The van der Waals surface area contributed by atoms with Crippen LogP contribution in [0.2, 0.25) is 0 Å². The molecule has 0 bridgehead atoms. The fraction of sp³-hybridized carbons (Fsp3) is 0.0769. The van der Waals surface area contributed by atoms with Gasteiger partial charge in [-0.3, -0.25) is 4.98 Å². The molecule has 2 aromatic heterocycles. The molecule has 1 N–H and O–H groups in total. The van der Waals surface area contributed by atoms with Gasteiger partial charge in [0.15, 0.2) is 0 Å². The minimum atomic E-state index is 0.878. The maximum Gasteiger partial charge on any atom is 0.138 e. The lowest BCUT2D eigenvalue weighted by Gasteiger charge is -2.00. The second-order valence-corrected chi connectivity index (χ2v) is 4.80. The van der Waals surface area contributed by atoms with Crippen molar-refractivity contribution in [2.45, 2.75) is 6.92 Å². The Kier molecular flexibility index (Phi) is 2.44. The predicted molar refractivity (Wildman–Crippen MR) is 71.8 cm³/mol. The summed E-state index contributed by atoms with van der Waals surface area (Å²) in [5.74, 6) is 0.878. The van der Waals surface area contributed by atoms with Crippen molar-refractivity contribution in [2.75, 3.05) is 0 Å². The quantitative estimate of drug-likeness (QED) is 0.742. The number of aryl methyl sites for hydroxylation is 1. The van der Waals surface area contributed by atoms with Gasteiger partial charge in [-0.15, -0.1) is 0 Å². The average Bonchev–Trinajstić information content (AvgIpc) is 2.76. The SMILES string of the molecule is Cc1cc(-c2nc3ccncc3[nH]2)ccc1Br. The number of aromatic nitrogens is 3. The van der Waals surface area contributed by atoms with Crippen molar-refractivity contribution in [1.82, 2.24) is 15.0 Å². The highest BCUT2D eigenvalue weighted by Gasteiger charge is 2.06. The Labute approximate surface area is 107 Å². The van der Waals surface area contributed by atoms with Crippen LogP contribution in [-0.2, 0) is 0 Å². The van der Waals surface area contributed by atoms with E-state index in [0.29, 0.717) is 0 Å². The number of halogens is 1. The lowest BCUT2D eigenvalue weighted by Crippen LogP contribution is -1.82. The van der Waals surface area contributed by atoms with Crippen LogP contribution in [-0.4, -0.2) is 15.0 Å². The Morgan fingerprint density at radius 2 is 2.12 bits per heavy atom. The molecule has 0 unspecified atom stereocenters. The molecule has 4 heteroatoms. The van der Waals surface area contributed by atoms with Gasteiger partial charge in [-0.1, -0.05) is 22.0 Å². The maximum absolute atomic E-state index is 4.54. The number of nitrogens with one attached hydrogen (secondary N) is 1. The molecule has 3 rings (SSSR count). The topological polar surface area (TPSA) is 41.6 Å². The first kappa shape index (κ1) is 10.5. The molecule has 0 atom stereocenters. The molecule has 84 valence electrons. The summed E-state index contributed by atoms with van der Waals surface area (Å²) in [6.45, 7) is 2.07. The zero-order valence-electron chi connectivity index (χ0n) is 9.24. The number of nitrogens with zero attached hydrogens (tertiary/aromatic N) is 2. The van der Waals surface area contributed by atoms with Crippen LogP contribution >= 0.6 is 15.9 Å². The molecule has 0 aliphatic heterocycles. The minimum Gasteiger partial charge on any atom is -0.337 e. The van der Waals surface area contributed by atoms with Crippen molar-refractivity contribution >= 4 is 27.0 Å². The Hall–Kier alpha value is -1.68. The van der Waals surface area contributed by atoms with Crippen LogP contribution in [0.3, 0.4) is 0 Å². The number of rotatable bonds is 1. The number of imidazole rings is 1. The molecule has 0 radical (unpaired) electrons. The summed E-state index contributed by atoms with van der Waals surface area (Å²) in [6.07, 6.45) is 3.54. The number of pyridine rings is 1. The number of benzene rings is 1. The molecule has 1 aromatic carbocycles. The van der Waals surface area contributed by atoms with Crippen LogP contribution < -0.4 is 0 Å². The van der Waals surface area contributed by atoms with E-state index in [1.165, 1.54) is 5.56 Å². The first-order chi connectivity index (χ1) is 8.24. The van der Waals surface area contributed by atoms with Crippen LogP contribution in [0.1, 0.15) is 5.56 Å². The van der Waals surface area contributed by atoms with Crippen molar-refractivity contribution in [3.8, 4) is 11.4 Å². The molecular weight excluding hydrogens is 278 g/mol. The lowest BCUT2D eigenvalue weighted by atomic mass is 10.1. The van der Waals surface area contributed by atoms with Crippen LogP contribution in [0.4, 0.5) is 0 Å². The number of H-pyrrole nitrogens is 1. The minimum absolute atomic E-state index is 0.878. The summed E-state index contributed by atoms with van der Waals surface area (Å²) in [5, 5.41) is 0. The van der Waals surface area contributed by atoms with E-state index in [9.17, 15) is 0 Å². The van der Waals surface area contributed by atoms with E-state index in [2.05, 4.69) is 43.9 Å². The van der Waals surface area contributed by atoms with Crippen LogP contribution in [0.5, 0.6) is 0 Å². The summed E-state index contributed by atoms with van der Waals surface area (Å²) in [7, 11) is 0. The third kappa shape index (κ3) is 1.85. The number of aromatic amines is 1. The largest absolute Gasteiger partial charge is 0.337 e. The highest BCUT2D eigenvalue weighted by molar-refractivity contribution is 9.10. The molecule has 0 spiro atoms. The van der Waals surface area contributed by atoms with Crippen LogP contribution in [0, 0.1) is 6.92 Å². The first-order valence-corrected chi connectivity index (χ1v) is 6.09. The van der Waals surface area contributed by atoms with Crippen LogP contribution in [0.25, 0.3) is 22.4 Å². The summed E-state index contributed by atoms with van der Waals surface area (Å²) >= 11 is 3.50. The number of hydrogen-bond donors (Lipinski definition) is 1. The molecule has 0 aliphatic carbocycles. The third-order valence-corrected chi connectivity index (χ3v) is 3.60. The van der Waals surface area contributed by atoms with Crippen molar-refractivity contribution < 1.29 is 0 Å². The molecular formula is C13H10BrN3. The third-order valence-electron chi connectivity index (χ3n) is 2.71. The van der Waals surface area contributed by atoms with Gasteiger partial charge in [-0.25, -0.2) is 4.98 Å². The predicted octanol–water partition coefficient (Wildman–Crippen LogP) is 3.70. The molecule has 3 nitrogen and oxygen atoms in total. The highest BCUT2D eigenvalue weighted by atomic mass is 79.9. The Morgan fingerprint density at radius 3 is 2.88 bits per heavy atom. The van der Waals surface area contributed by atoms with Crippen molar-refractivity contribution in [3.05, 3.63) is 46.7 Å². The molecule has 0 aliphatic rings. The van der Waals surface area contributed by atoms with Gasteiger partial charge in [0.1, 0.15) is 5.82 Å². The van der Waals surface area contributed by atoms with E-state index in [4.69, 9.17) is 0 Å². The molecule has 3 aromatic rings. The van der Waals surface area contributed by atoms with Gasteiger partial charge >= 0.3 is 0 Å². The monoisotopic (exact) mass is 287 g/mol. The van der Waals surface area contributed by atoms with E-state index in [1.54, 1.807) is 12.4 Å². The van der Waals surface area contributed by atoms with Crippen molar-refractivity contribution in [3.63, 3.8) is 0 Å². The zero-order chi connectivity index (χ0) is 11.8. The van der Waals surface area contributed by atoms with E-state index in [-0.39, 0.29) is 0 Å². The van der Waals surface area contributed by atoms with E-state index >= 15 is 0 Å². The molecule has 0 saturated carbocycles. The van der Waals surface area contributed by atoms with Gasteiger partial charge in [0.25, 0.3) is 0 Å². The summed E-state index contributed by atoms with van der Waals surface area (Å²) in [4.78, 5) is 11.9. The Balaban J connectivity index is 2.17. The van der Waals surface area contributed by atoms with Gasteiger partial charge in [0, 0.05) is 16.2 Å². The fourth-order valence-corrected chi connectivity index (χ4v) is 2.03. The summed E-state index contributed by atoms with van der Waals surface area (Å²) in [5.41, 5.74) is 4.18. The molecule has 0 fully saturated rings. The number of fused-ring (bicyclic) bond motifs is 1. The second kappa shape index (κ2) is 3.96. The van der Waals surface area contributed by atoms with E-state index < -0.39 is 0 Å². The van der Waals surface area contributed by atoms with Gasteiger partial charge in [0.2, 0.25) is 0 Å². The first-order valence-electron chi connectivity index (χ1n) is 5.30. The van der Waals surface area contributed by atoms with Crippen molar-refractivity contribution in [1.29, 1.82) is 0 Å². The van der Waals surface area contributed by atoms with Gasteiger partial charge in [-0.2, -0.15) is 0 Å². The molecule has 0 saturated heterocycles. The van der Waals surface area contributed by atoms with Gasteiger partial charge in [-0.05, 0) is 30.7 Å². The van der Waals surface area contributed by atoms with Crippen LogP contribution in [0.15, 0.2) is 41.1 Å². The maximum atomic E-state index is 4.54. The summed E-state index contributed by atoms with van der Waals surface area (Å²) in [6, 6.07) is 8.09. The molecule has 17 heavy (non-hydrogen) atoms. The standard InChI is InChI=1S/C13H10BrN3/c1-8-6-9(2-3-10(8)14)13-16-11-4-5-15-7-12(11)17-13/h2-7H,1H3,(H,16,17). The van der Waals surface area contributed by atoms with E-state index in [0.717, 1.165) is 26.9 Å². The second-order valence-electron chi connectivity index (χ2n) is 3.94. The van der Waals surface area contributed by atoms with Gasteiger partial charge < -0.3 is 4.98 Å². The lowest BCUT2D eigenvalue weighted by molar-refractivity contribution is 1.31. The Morgan fingerprint density at radius 1 is 1.24 bits per heavy atom. The summed E-state index contributed by atoms with van der Waals surface area (Å²) < 4.78 is 1.11. The molecule has 0 amide bonds. The smallest absolute Gasteiger partial charge is 0.138 e. The zero-order valence-corrected chi connectivity index (χ0v) is 10.8. The highest BCUT2D eigenvalue weighted by Crippen LogP contribution is 2.24.